The zero-order valence-corrected chi connectivity index (χ0v) is 10.1. The highest BCUT2D eigenvalue weighted by atomic mass is 16.3. The summed E-state index contributed by atoms with van der Waals surface area (Å²) in [5, 5.41) is 5.67. The van der Waals surface area contributed by atoms with Gasteiger partial charge in [-0.05, 0) is 19.4 Å². The van der Waals surface area contributed by atoms with Crippen molar-refractivity contribution in [1.29, 1.82) is 0 Å². The van der Waals surface area contributed by atoms with Crippen LogP contribution >= 0.6 is 0 Å². The van der Waals surface area contributed by atoms with Crippen LogP contribution in [0.3, 0.4) is 0 Å². The van der Waals surface area contributed by atoms with Crippen molar-refractivity contribution >= 4 is 11.9 Å². The molecule has 0 saturated heterocycles. The molecule has 0 atom stereocenters. The smallest absolute Gasteiger partial charge is 0.287 e. The molecule has 0 aromatic carbocycles. The van der Waals surface area contributed by atoms with Crippen molar-refractivity contribution in [2.24, 2.45) is 10.7 Å². The minimum atomic E-state index is -0.190. The molecule has 0 radical (unpaired) electrons. The van der Waals surface area contributed by atoms with Gasteiger partial charge >= 0.3 is 0 Å². The first-order valence-electron chi connectivity index (χ1n) is 5.43. The third-order valence-corrected chi connectivity index (χ3v) is 2.25. The SMILES string of the molecule is CN=C(N)NCCCNC(=O)c1occc1C. The molecular weight excluding hydrogens is 220 g/mol. The molecule has 0 fully saturated rings. The lowest BCUT2D eigenvalue weighted by atomic mass is 10.2. The van der Waals surface area contributed by atoms with Crippen LogP contribution in [-0.2, 0) is 0 Å². The minimum absolute atomic E-state index is 0.190. The van der Waals surface area contributed by atoms with Gasteiger partial charge in [-0.3, -0.25) is 9.79 Å². The van der Waals surface area contributed by atoms with Crippen LogP contribution in [0.1, 0.15) is 22.5 Å². The van der Waals surface area contributed by atoms with Crippen LogP contribution in [0.5, 0.6) is 0 Å². The van der Waals surface area contributed by atoms with Gasteiger partial charge in [0, 0.05) is 25.7 Å². The highest BCUT2D eigenvalue weighted by Gasteiger charge is 2.10. The van der Waals surface area contributed by atoms with E-state index in [4.69, 9.17) is 10.2 Å². The first-order valence-corrected chi connectivity index (χ1v) is 5.43. The fraction of sp³-hybridized carbons (Fsp3) is 0.455. The van der Waals surface area contributed by atoms with Crippen molar-refractivity contribution < 1.29 is 9.21 Å². The molecule has 0 aliphatic rings. The van der Waals surface area contributed by atoms with E-state index in [0.29, 0.717) is 24.8 Å². The standard InChI is InChI=1S/C11H18N4O2/c1-8-4-7-17-9(8)10(16)14-5-3-6-15-11(12)13-2/h4,7H,3,5-6H2,1-2H3,(H,14,16)(H3,12,13,15). The first-order chi connectivity index (χ1) is 8.15. The Balaban J connectivity index is 2.20. The number of nitrogens with one attached hydrogen (secondary N) is 2. The van der Waals surface area contributed by atoms with Crippen LogP contribution in [0.2, 0.25) is 0 Å². The van der Waals surface area contributed by atoms with Gasteiger partial charge in [0.15, 0.2) is 11.7 Å². The minimum Gasteiger partial charge on any atom is -0.459 e. The zero-order valence-electron chi connectivity index (χ0n) is 10.1. The molecule has 17 heavy (non-hydrogen) atoms. The number of amides is 1. The molecule has 1 heterocycles. The van der Waals surface area contributed by atoms with E-state index >= 15 is 0 Å². The molecular formula is C11H18N4O2. The Morgan fingerprint density at radius 1 is 1.47 bits per heavy atom. The van der Waals surface area contributed by atoms with Crippen LogP contribution in [0, 0.1) is 6.92 Å². The van der Waals surface area contributed by atoms with Crippen LogP contribution in [0.25, 0.3) is 0 Å². The highest BCUT2D eigenvalue weighted by molar-refractivity contribution is 5.92. The highest BCUT2D eigenvalue weighted by Crippen LogP contribution is 2.07. The van der Waals surface area contributed by atoms with Gasteiger partial charge in [-0.2, -0.15) is 0 Å². The Morgan fingerprint density at radius 2 is 2.18 bits per heavy atom. The van der Waals surface area contributed by atoms with Gasteiger partial charge in [0.25, 0.3) is 5.91 Å². The second-order valence-corrected chi connectivity index (χ2v) is 3.58. The summed E-state index contributed by atoms with van der Waals surface area (Å²) in [6.45, 7) is 3.06. The number of aliphatic imine (C=N–C) groups is 1. The molecule has 0 aliphatic carbocycles. The van der Waals surface area contributed by atoms with Gasteiger partial charge in [-0.15, -0.1) is 0 Å². The van der Waals surface area contributed by atoms with Gasteiger partial charge in [-0.1, -0.05) is 0 Å². The van der Waals surface area contributed by atoms with E-state index in [-0.39, 0.29) is 5.91 Å². The predicted molar refractivity (Wildman–Crippen MR) is 65.9 cm³/mol. The van der Waals surface area contributed by atoms with Gasteiger partial charge in [-0.25, -0.2) is 0 Å². The molecule has 0 spiro atoms. The summed E-state index contributed by atoms with van der Waals surface area (Å²) < 4.78 is 5.07. The van der Waals surface area contributed by atoms with Gasteiger partial charge in [0.2, 0.25) is 0 Å². The monoisotopic (exact) mass is 238 g/mol. The maximum Gasteiger partial charge on any atom is 0.287 e. The van der Waals surface area contributed by atoms with E-state index in [9.17, 15) is 4.79 Å². The fourth-order valence-electron chi connectivity index (χ4n) is 1.27. The molecule has 0 aliphatic heterocycles. The third-order valence-electron chi connectivity index (χ3n) is 2.25. The second kappa shape index (κ2) is 6.57. The molecule has 1 rings (SSSR count). The number of carbonyl (C=O) groups excluding carboxylic acids is 1. The van der Waals surface area contributed by atoms with Gasteiger partial charge < -0.3 is 20.8 Å². The summed E-state index contributed by atoms with van der Waals surface area (Å²) in [5.41, 5.74) is 6.28. The Kier molecular flexibility index (Phi) is 5.06. The molecule has 4 N–H and O–H groups in total. The molecule has 1 aromatic heterocycles. The Bertz CT molecular complexity index is 398. The largest absolute Gasteiger partial charge is 0.459 e. The van der Waals surface area contributed by atoms with Crippen molar-refractivity contribution in [3.05, 3.63) is 23.7 Å². The van der Waals surface area contributed by atoms with Crippen molar-refractivity contribution in [1.82, 2.24) is 10.6 Å². The van der Waals surface area contributed by atoms with E-state index < -0.39 is 0 Å². The summed E-state index contributed by atoms with van der Waals surface area (Å²) in [6, 6.07) is 1.76. The van der Waals surface area contributed by atoms with E-state index in [0.717, 1.165) is 12.0 Å². The molecule has 1 amide bonds. The molecule has 94 valence electrons. The predicted octanol–water partition coefficient (Wildman–Crippen LogP) is 0.242. The number of nitrogens with two attached hydrogens (primary N) is 1. The summed E-state index contributed by atoms with van der Waals surface area (Å²) in [7, 11) is 1.61. The Labute approximate surface area is 100 Å². The van der Waals surface area contributed by atoms with Gasteiger partial charge in [0.1, 0.15) is 0 Å². The summed E-state index contributed by atoms with van der Waals surface area (Å²) >= 11 is 0. The van der Waals surface area contributed by atoms with E-state index in [2.05, 4.69) is 15.6 Å². The lowest BCUT2D eigenvalue weighted by Gasteiger charge is -2.05. The van der Waals surface area contributed by atoms with Gasteiger partial charge in [0.05, 0.1) is 6.26 Å². The topological polar surface area (TPSA) is 92.6 Å². The third kappa shape index (κ3) is 4.18. The van der Waals surface area contributed by atoms with Crippen LogP contribution < -0.4 is 16.4 Å². The first kappa shape index (κ1) is 13.1. The molecule has 0 unspecified atom stereocenters. The number of nitrogens with zero attached hydrogens (tertiary/aromatic N) is 1. The molecule has 6 nitrogen and oxygen atoms in total. The molecule has 0 bridgehead atoms. The quantitative estimate of drug-likeness (QED) is 0.389. The van der Waals surface area contributed by atoms with Crippen molar-refractivity contribution in [2.45, 2.75) is 13.3 Å². The number of hydrogen-bond donors (Lipinski definition) is 3. The molecule has 1 aromatic rings. The lowest BCUT2D eigenvalue weighted by Crippen LogP contribution is -2.34. The summed E-state index contributed by atoms with van der Waals surface area (Å²) in [4.78, 5) is 15.4. The Hall–Kier alpha value is -1.98. The molecule has 6 heteroatoms. The number of guanidine groups is 1. The number of carbonyl (C=O) groups is 1. The normalized spacial score (nSPS) is 11.3. The van der Waals surface area contributed by atoms with Crippen molar-refractivity contribution in [3.8, 4) is 0 Å². The number of rotatable bonds is 5. The number of aryl methyl sites for hydroxylation is 1. The van der Waals surface area contributed by atoms with Crippen molar-refractivity contribution in [3.63, 3.8) is 0 Å². The Morgan fingerprint density at radius 3 is 2.76 bits per heavy atom. The fourth-order valence-corrected chi connectivity index (χ4v) is 1.27. The summed E-state index contributed by atoms with van der Waals surface area (Å²) in [6.07, 6.45) is 2.27. The van der Waals surface area contributed by atoms with Crippen LogP contribution in [0.15, 0.2) is 21.7 Å². The average molecular weight is 238 g/mol. The maximum absolute atomic E-state index is 11.6. The van der Waals surface area contributed by atoms with E-state index in [1.165, 1.54) is 6.26 Å². The maximum atomic E-state index is 11.6. The van der Waals surface area contributed by atoms with Crippen molar-refractivity contribution in [2.75, 3.05) is 20.1 Å². The lowest BCUT2D eigenvalue weighted by molar-refractivity contribution is 0.0925. The summed E-state index contributed by atoms with van der Waals surface area (Å²) in [5.74, 6) is 0.579. The van der Waals surface area contributed by atoms with Crippen LogP contribution in [0.4, 0.5) is 0 Å². The zero-order chi connectivity index (χ0) is 12.7. The number of hydrogen-bond acceptors (Lipinski definition) is 3. The van der Waals surface area contributed by atoms with E-state index in [1.54, 1.807) is 13.1 Å². The van der Waals surface area contributed by atoms with E-state index in [1.807, 2.05) is 6.92 Å². The van der Waals surface area contributed by atoms with Crippen LogP contribution in [-0.4, -0.2) is 32.0 Å². The second-order valence-electron chi connectivity index (χ2n) is 3.58. The average Bonchev–Trinajstić information content (AvgIpc) is 2.74. The molecule has 0 saturated carbocycles. The number of furan rings is 1.